The van der Waals surface area contributed by atoms with Gasteiger partial charge in [-0.3, -0.25) is 0 Å². The van der Waals surface area contributed by atoms with Gasteiger partial charge in [0.05, 0.1) is 7.11 Å². The molecule has 1 heterocycles. The molecule has 0 unspecified atom stereocenters. The smallest absolute Gasteiger partial charge is 0.125 e. The molecule has 0 fully saturated rings. The highest BCUT2D eigenvalue weighted by molar-refractivity contribution is 9.10. The Bertz CT molecular complexity index is 536. The second-order valence-electron chi connectivity index (χ2n) is 3.95. The van der Waals surface area contributed by atoms with E-state index in [1.807, 2.05) is 24.3 Å². The van der Waals surface area contributed by atoms with Crippen LogP contribution in [-0.2, 0) is 6.42 Å². The van der Waals surface area contributed by atoms with E-state index in [0.717, 1.165) is 21.3 Å². The summed E-state index contributed by atoms with van der Waals surface area (Å²) in [5.41, 5.74) is 0.788. The van der Waals surface area contributed by atoms with Crippen molar-refractivity contribution in [3.63, 3.8) is 0 Å². The minimum absolute atomic E-state index is 0.636. The van der Waals surface area contributed by atoms with Gasteiger partial charge < -0.3 is 9.84 Å². The molecule has 2 nitrogen and oxygen atoms in total. The molecule has 1 N–H and O–H groups in total. The molecule has 0 radical (unpaired) electrons. The molecule has 1 atom stereocenters. The first-order valence-electron chi connectivity index (χ1n) is 5.75. The van der Waals surface area contributed by atoms with Gasteiger partial charge in [0.2, 0.25) is 0 Å². The van der Waals surface area contributed by atoms with E-state index in [1.165, 1.54) is 4.88 Å². The topological polar surface area (TPSA) is 29.5 Å². The van der Waals surface area contributed by atoms with Crippen molar-refractivity contribution in [1.29, 1.82) is 0 Å². The van der Waals surface area contributed by atoms with E-state index in [0.29, 0.717) is 5.75 Å². The molecule has 1 aromatic heterocycles. The van der Waals surface area contributed by atoms with Crippen molar-refractivity contribution in [2.45, 2.75) is 19.4 Å². The van der Waals surface area contributed by atoms with Crippen LogP contribution >= 0.6 is 27.3 Å². The van der Waals surface area contributed by atoms with E-state index in [-0.39, 0.29) is 0 Å². The lowest BCUT2D eigenvalue weighted by molar-refractivity contribution is 0.218. The SMILES string of the molecule is CCc1ccc([C@@H](O)c2cc(Br)ccc2OC)s1. The molecule has 96 valence electrons. The summed E-state index contributed by atoms with van der Waals surface area (Å²) in [6.07, 6.45) is 0.357. The number of hydrogen-bond acceptors (Lipinski definition) is 3. The maximum absolute atomic E-state index is 10.4. The molecule has 0 aliphatic carbocycles. The largest absolute Gasteiger partial charge is 0.496 e. The highest BCUT2D eigenvalue weighted by atomic mass is 79.9. The average Bonchev–Trinajstić information content (AvgIpc) is 2.86. The average molecular weight is 327 g/mol. The number of aliphatic hydroxyl groups is 1. The number of thiophene rings is 1. The highest BCUT2D eigenvalue weighted by Crippen LogP contribution is 2.35. The van der Waals surface area contributed by atoms with Crippen LogP contribution in [0.15, 0.2) is 34.8 Å². The van der Waals surface area contributed by atoms with Crippen molar-refractivity contribution in [2.75, 3.05) is 7.11 Å². The van der Waals surface area contributed by atoms with E-state index in [4.69, 9.17) is 4.74 Å². The molecule has 0 saturated heterocycles. The fraction of sp³-hybridized carbons (Fsp3) is 0.286. The third-order valence-corrected chi connectivity index (χ3v) is 4.56. The molecule has 0 aliphatic heterocycles. The molecule has 0 spiro atoms. The molecule has 4 heteroatoms. The molecule has 18 heavy (non-hydrogen) atoms. The molecule has 0 bridgehead atoms. The minimum atomic E-state index is -0.636. The normalized spacial score (nSPS) is 12.4. The first-order valence-corrected chi connectivity index (χ1v) is 7.36. The lowest BCUT2D eigenvalue weighted by Gasteiger charge is -2.14. The van der Waals surface area contributed by atoms with E-state index >= 15 is 0 Å². The number of rotatable bonds is 4. The number of hydrogen-bond donors (Lipinski definition) is 1. The fourth-order valence-corrected chi connectivity index (χ4v) is 3.14. The van der Waals surface area contributed by atoms with Crippen LogP contribution in [0.2, 0.25) is 0 Å². The van der Waals surface area contributed by atoms with Crippen LogP contribution in [0.4, 0.5) is 0 Å². The zero-order chi connectivity index (χ0) is 13.1. The van der Waals surface area contributed by atoms with Crippen LogP contribution in [0.5, 0.6) is 5.75 Å². The Kier molecular flexibility index (Phi) is 4.43. The standard InChI is InChI=1S/C14H15BrO2S/c1-3-10-5-7-13(18-10)14(16)11-8-9(15)4-6-12(11)17-2/h4-8,14,16H,3H2,1-2H3/t14-/m0/s1. The Morgan fingerprint density at radius 3 is 2.72 bits per heavy atom. The van der Waals surface area contributed by atoms with Gasteiger partial charge in [0, 0.05) is 19.8 Å². The molecular weight excluding hydrogens is 312 g/mol. The van der Waals surface area contributed by atoms with Gasteiger partial charge in [-0.15, -0.1) is 11.3 Å². The lowest BCUT2D eigenvalue weighted by atomic mass is 10.1. The summed E-state index contributed by atoms with van der Waals surface area (Å²) < 4.78 is 6.23. The Hall–Kier alpha value is -0.840. The number of methoxy groups -OCH3 is 1. The van der Waals surface area contributed by atoms with Crippen LogP contribution in [0.1, 0.15) is 28.3 Å². The molecular formula is C14H15BrO2S. The zero-order valence-corrected chi connectivity index (χ0v) is 12.7. The summed E-state index contributed by atoms with van der Waals surface area (Å²) in [6, 6.07) is 9.70. The zero-order valence-electron chi connectivity index (χ0n) is 10.3. The van der Waals surface area contributed by atoms with Gasteiger partial charge in [-0.05, 0) is 36.8 Å². The monoisotopic (exact) mass is 326 g/mol. The molecule has 0 saturated carbocycles. The maximum atomic E-state index is 10.4. The molecule has 0 amide bonds. The second-order valence-corrected chi connectivity index (χ2v) is 6.06. The third-order valence-electron chi connectivity index (χ3n) is 2.79. The van der Waals surface area contributed by atoms with Gasteiger partial charge in [-0.2, -0.15) is 0 Å². The van der Waals surface area contributed by atoms with E-state index in [9.17, 15) is 5.11 Å². The summed E-state index contributed by atoms with van der Waals surface area (Å²) in [6.45, 7) is 2.11. The third kappa shape index (κ3) is 2.76. The molecule has 1 aromatic carbocycles. The van der Waals surface area contributed by atoms with Crippen molar-refractivity contribution < 1.29 is 9.84 Å². The number of ether oxygens (including phenoxy) is 1. The maximum Gasteiger partial charge on any atom is 0.125 e. The number of aliphatic hydroxyl groups excluding tert-OH is 1. The molecule has 2 aromatic rings. The summed E-state index contributed by atoms with van der Waals surface area (Å²) in [5, 5.41) is 10.4. The predicted octanol–water partition coefficient (Wildman–Crippen LogP) is 4.16. The minimum Gasteiger partial charge on any atom is -0.496 e. The second kappa shape index (κ2) is 5.87. The Morgan fingerprint density at radius 1 is 1.33 bits per heavy atom. The quantitative estimate of drug-likeness (QED) is 0.913. The van der Waals surface area contributed by atoms with Gasteiger partial charge in [0.25, 0.3) is 0 Å². The van der Waals surface area contributed by atoms with Gasteiger partial charge in [-0.25, -0.2) is 0 Å². The number of benzene rings is 1. The van der Waals surface area contributed by atoms with Gasteiger partial charge in [0.15, 0.2) is 0 Å². The Morgan fingerprint density at radius 2 is 2.11 bits per heavy atom. The Balaban J connectivity index is 2.38. The van der Waals surface area contributed by atoms with Gasteiger partial charge >= 0.3 is 0 Å². The first-order chi connectivity index (χ1) is 8.65. The predicted molar refractivity (Wildman–Crippen MR) is 78.5 cm³/mol. The van der Waals surface area contributed by atoms with Crippen molar-refractivity contribution >= 4 is 27.3 Å². The van der Waals surface area contributed by atoms with E-state index < -0.39 is 6.10 Å². The van der Waals surface area contributed by atoms with E-state index in [1.54, 1.807) is 18.4 Å². The summed E-state index contributed by atoms with van der Waals surface area (Å²) in [4.78, 5) is 2.22. The van der Waals surface area contributed by atoms with Crippen LogP contribution in [-0.4, -0.2) is 12.2 Å². The van der Waals surface area contributed by atoms with E-state index in [2.05, 4.69) is 28.9 Å². The highest BCUT2D eigenvalue weighted by Gasteiger charge is 2.17. The summed E-state index contributed by atoms with van der Waals surface area (Å²) in [5.74, 6) is 0.706. The lowest BCUT2D eigenvalue weighted by Crippen LogP contribution is -2.00. The van der Waals surface area contributed by atoms with Gasteiger partial charge in [-0.1, -0.05) is 22.9 Å². The number of halogens is 1. The molecule has 0 aliphatic rings. The van der Waals surface area contributed by atoms with Crippen molar-refractivity contribution in [2.24, 2.45) is 0 Å². The summed E-state index contributed by atoms with van der Waals surface area (Å²) in [7, 11) is 1.62. The van der Waals surface area contributed by atoms with Crippen molar-refractivity contribution in [1.82, 2.24) is 0 Å². The van der Waals surface area contributed by atoms with Crippen LogP contribution in [0.3, 0.4) is 0 Å². The van der Waals surface area contributed by atoms with Crippen LogP contribution < -0.4 is 4.74 Å². The van der Waals surface area contributed by atoms with Gasteiger partial charge in [0.1, 0.15) is 11.9 Å². The first kappa shape index (κ1) is 13.6. The van der Waals surface area contributed by atoms with Crippen molar-refractivity contribution in [3.05, 3.63) is 50.1 Å². The van der Waals surface area contributed by atoms with Crippen molar-refractivity contribution in [3.8, 4) is 5.75 Å². The van der Waals surface area contributed by atoms with Crippen LogP contribution in [0.25, 0.3) is 0 Å². The molecule has 2 rings (SSSR count). The number of aryl methyl sites for hydroxylation is 1. The fourth-order valence-electron chi connectivity index (χ4n) is 1.80. The Labute approximate surface area is 119 Å². The summed E-state index contributed by atoms with van der Waals surface area (Å²) >= 11 is 5.06. The van der Waals surface area contributed by atoms with Crippen LogP contribution in [0, 0.1) is 0 Å².